The first-order valence-corrected chi connectivity index (χ1v) is 16.4. The van der Waals surface area contributed by atoms with Crippen LogP contribution in [0.15, 0.2) is 42.5 Å². The average molecular weight is 623 g/mol. The number of carbonyl (C=O) groups is 2. The number of halogens is 1. The van der Waals surface area contributed by atoms with Crippen LogP contribution in [0, 0.1) is 17.8 Å². The number of carbonyl (C=O) groups excluding carboxylic acids is 2. The number of hydrogen-bond acceptors (Lipinski definition) is 7. The van der Waals surface area contributed by atoms with E-state index in [2.05, 4.69) is 17.0 Å². The van der Waals surface area contributed by atoms with Crippen LogP contribution in [-0.4, -0.2) is 66.9 Å². The molecule has 2 heterocycles. The van der Waals surface area contributed by atoms with Crippen LogP contribution in [-0.2, 0) is 21.4 Å². The first-order valence-electron chi connectivity index (χ1n) is 16.0. The molecule has 2 aromatic rings. The number of amides is 1. The summed E-state index contributed by atoms with van der Waals surface area (Å²) < 4.78 is 12.4. The van der Waals surface area contributed by atoms with Gasteiger partial charge in [0.15, 0.2) is 5.75 Å². The fraction of sp³-hybridized carbons (Fsp3) is 0.543. The highest BCUT2D eigenvalue weighted by Gasteiger charge is 2.45. The van der Waals surface area contributed by atoms with Gasteiger partial charge in [-0.3, -0.25) is 9.59 Å². The number of nitrogens with zero attached hydrogens (tertiary/aromatic N) is 2. The monoisotopic (exact) mass is 622 g/mol. The molecule has 2 aliphatic heterocycles. The van der Waals surface area contributed by atoms with Crippen molar-refractivity contribution < 1.29 is 29.3 Å². The minimum absolute atomic E-state index is 0.0909. The van der Waals surface area contributed by atoms with E-state index in [4.69, 9.17) is 21.1 Å². The van der Waals surface area contributed by atoms with Crippen molar-refractivity contribution in [1.82, 2.24) is 4.90 Å². The van der Waals surface area contributed by atoms with E-state index >= 15 is 0 Å². The van der Waals surface area contributed by atoms with Gasteiger partial charge in [0.25, 0.3) is 6.47 Å². The summed E-state index contributed by atoms with van der Waals surface area (Å²) in [7, 11) is 1.73. The van der Waals surface area contributed by atoms with Gasteiger partial charge in [-0.15, -0.1) is 0 Å². The van der Waals surface area contributed by atoms with Crippen molar-refractivity contribution in [2.45, 2.75) is 69.5 Å². The van der Waals surface area contributed by atoms with E-state index in [1.54, 1.807) is 18.0 Å². The number of fused-ring (bicyclic) bond motifs is 4. The minimum Gasteiger partial charge on any atom is -0.490 e. The maximum atomic E-state index is 13.5. The van der Waals surface area contributed by atoms with Gasteiger partial charge in [0.05, 0.1) is 24.7 Å². The Labute approximate surface area is 264 Å². The smallest absolute Gasteiger partial charge is 0.298 e. The molecule has 44 heavy (non-hydrogen) atoms. The van der Waals surface area contributed by atoms with E-state index in [0.29, 0.717) is 67.6 Å². The van der Waals surface area contributed by atoms with Crippen molar-refractivity contribution in [1.29, 1.82) is 0 Å². The number of aryl methyl sites for hydroxylation is 1. The van der Waals surface area contributed by atoms with Crippen LogP contribution in [0.1, 0.15) is 68.2 Å². The van der Waals surface area contributed by atoms with E-state index in [1.165, 1.54) is 11.1 Å². The van der Waals surface area contributed by atoms with Crippen LogP contribution in [0.4, 0.5) is 5.69 Å². The van der Waals surface area contributed by atoms with Crippen LogP contribution in [0.2, 0.25) is 5.02 Å². The Bertz CT molecular complexity index is 1430. The Morgan fingerprint density at radius 3 is 2.80 bits per heavy atom. The summed E-state index contributed by atoms with van der Waals surface area (Å²) in [4.78, 5) is 29.5. The highest BCUT2D eigenvalue weighted by Crippen LogP contribution is 2.51. The summed E-state index contributed by atoms with van der Waals surface area (Å²) in [5.41, 5.74) is 3.12. The van der Waals surface area contributed by atoms with Crippen LogP contribution in [0.3, 0.4) is 0 Å². The molecule has 8 nitrogen and oxygen atoms in total. The van der Waals surface area contributed by atoms with Crippen molar-refractivity contribution in [2.75, 3.05) is 38.2 Å². The molecule has 2 bridgehead atoms. The van der Waals surface area contributed by atoms with Gasteiger partial charge in [0.1, 0.15) is 11.4 Å². The SMILES string of the molecule is CC[C@H]1C(=O)N(C)CC/C=C/[C@H](O)[C@@H]2CC[C@H]2CN2C[C@@]3(CCCc4cc(Cl)ccc43)COc3ccc(c(OC=O)c32)[C@H]1O. The van der Waals surface area contributed by atoms with Crippen molar-refractivity contribution in [3.8, 4) is 11.5 Å². The summed E-state index contributed by atoms with van der Waals surface area (Å²) in [6.45, 7) is 4.41. The van der Waals surface area contributed by atoms with E-state index in [9.17, 15) is 19.8 Å². The number of rotatable bonds is 3. The molecular formula is C35H43ClN2O6. The van der Waals surface area contributed by atoms with E-state index < -0.39 is 18.1 Å². The van der Waals surface area contributed by atoms with Crippen molar-refractivity contribution >= 4 is 29.7 Å². The Morgan fingerprint density at radius 2 is 2.05 bits per heavy atom. The third-order valence-corrected chi connectivity index (χ3v) is 10.7. The van der Waals surface area contributed by atoms with E-state index in [0.717, 1.165) is 32.1 Å². The molecule has 1 fully saturated rings. The first kappa shape index (κ1) is 30.9. The molecule has 0 radical (unpaired) electrons. The van der Waals surface area contributed by atoms with Gasteiger partial charge in [-0.2, -0.15) is 0 Å². The lowest BCUT2D eigenvalue weighted by Crippen LogP contribution is -2.49. The molecule has 2 aromatic carbocycles. The van der Waals surface area contributed by atoms with Gasteiger partial charge in [-0.05, 0) is 92.2 Å². The number of benzene rings is 2. The van der Waals surface area contributed by atoms with Crippen molar-refractivity contribution in [2.24, 2.45) is 17.8 Å². The second-order valence-electron chi connectivity index (χ2n) is 13.1. The molecule has 2 N–H and O–H groups in total. The van der Waals surface area contributed by atoms with Crippen LogP contribution < -0.4 is 14.4 Å². The zero-order valence-corrected chi connectivity index (χ0v) is 26.3. The van der Waals surface area contributed by atoms with Gasteiger partial charge in [-0.25, -0.2) is 0 Å². The molecule has 1 amide bonds. The molecule has 6 rings (SSSR count). The fourth-order valence-corrected chi connectivity index (χ4v) is 8.14. The molecule has 0 unspecified atom stereocenters. The summed E-state index contributed by atoms with van der Waals surface area (Å²) in [6, 6.07) is 9.69. The lowest BCUT2D eigenvalue weighted by atomic mass is 9.68. The normalized spacial score (nSPS) is 31.2. The zero-order valence-electron chi connectivity index (χ0n) is 25.6. The second-order valence-corrected chi connectivity index (χ2v) is 13.5. The van der Waals surface area contributed by atoms with Gasteiger partial charge < -0.3 is 29.5 Å². The molecule has 1 spiro atoms. The number of ether oxygens (including phenoxy) is 2. The van der Waals surface area contributed by atoms with Crippen molar-refractivity contribution in [3.63, 3.8) is 0 Å². The third-order valence-electron chi connectivity index (χ3n) is 10.5. The second kappa shape index (κ2) is 12.7. The Balaban J connectivity index is 1.50. The number of aliphatic hydroxyl groups excluding tert-OH is 2. The molecule has 236 valence electrons. The highest BCUT2D eigenvalue weighted by molar-refractivity contribution is 6.30. The van der Waals surface area contributed by atoms with Crippen molar-refractivity contribution in [3.05, 3.63) is 64.2 Å². The topological polar surface area (TPSA) is 99.5 Å². The Kier molecular flexibility index (Phi) is 8.95. The van der Waals surface area contributed by atoms with Gasteiger partial charge in [0, 0.05) is 42.7 Å². The minimum atomic E-state index is -1.19. The van der Waals surface area contributed by atoms with Crippen LogP contribution >= 0.6 is 11.6 Å². The average Bonchev–Trinajstić information content (AvgIpc) is 3.14. The van der Waals surface area contributed by atoms with E-state index in [1.807, 2.05) is 31.2 Å². The maximum absolute atomic E-state index is 13.5. The molecule has 6 atom stereocenters. The maximum Gasteiger partial charge on any atom is 0.298 e. The Morgan fingerprint density at radius 1 is 1.20 bits per heavy atom. The number of anilines is 1. The van der Waals surface area contributed by atoms with Gasteiger partial charge in [-0.1, -0.05) is 36.7 Å². The predicted molar refractivity (Wildman–Crippen MR) is 169 cm³/mol. The molecule has 0 saturated heterocycles. The highest BCUT2D eigenvalue weighted by atomic mass is 35.5. The summed E-state index contributed by atoms with van der Waals surface area (Å²) in [6.07, 6.45) is 7.83. The van der Waals surface area contributed by atoms with Gasteiger partial charge in [0.2, 0.25) is 5.91 Å². The van der Waals surface area contributed by atoms with Crippen LogP contribution in [0.5, 0.6) is 11.5 Å². The molecule has 2 aliphatic carbocycles. The molecule has 1 saturated carbocycles. The number of hydrogen-bond donors (Lipinski definition) is 2. The lowest BCUT2D eigenvalue weighted by Gasteiger charge is -2.45. The molecule has 0 aromatic heterocycles. The summed E-state index contributed by atoms with van der Waals surface area (Å²) in [5, 5.41) is 23.6. The Hall–Kier alpha value is -3.07. The molecule has 4 aliphatic rings. The lowest BCUT2D eigenvalue weighted by molar-refractivity contribution is -0.138. The molecular weight excluding hydrogens is 580 g/mol. The molecule has 9 heteroatoms. The zero-order chi connectivity index (χ0) is 31.0. The predicted octanol–water partition coefficient (Wildman–Crippen LogP) is 5.21. The quantitative estimate of drug-likeness (QED) is 0.358. The first-order chi connectivity index (χ1) is 21.3. The summed E-state index contributed by atoms with van der Waals surface area (Å²) in [5.74, 6) is 0.192. The largest absolute Gasteiger partial charge is 0.490 e. The van der Waals surface area contributed by atoms with Gasteiger partial charge >= 0.3 is 0 Å². The summed E-state index contributed by atoms with van der Waals surface area (Å²) >= 11 is 6.42. The third kappa shape index (κ3) is 5.61. The van der Waals surface area contributed by atoms with Crippen LogP contribution in [0.25, 0.3) is 0 Å². The number of aliphatic hydroxyl groups is 2. The fourth-order valence-electron chi connectivity index (χ4n) is 7.95. The van der Waals surface area contributed by atoms with E-state index in [-0.39, 0.29) is 28.9 Å². The standard InChI is InChI=1S/C35H43ClN2O6/c1-3-25-32(41)27-12-14-30-31(33(27)44-21-39)38(18-23-9-11-26(23)29(40)8-4-5-16-37(2)34(25)42)19-35(20-43-30)15-6-7-22-17-24(36)10-13-28(22)35/h4,8,10,12-14,17,21,23,25-26,29,32,40-41H,3,5-7,9,11,15-16,18-20H2,1-2H3/b8-4+/t23-,25+,26+,29-,32-,35-/m0/s1.